The zero-order valence-electron chi connectivity index (χ0n) is 21.6. The number of hydrogen-bond acceptors (Lipinski definition) is 0. The molecule has 33 heavy (non-hydrogen) atoms. The minimum Gasteiger partial charge on any atom is -0.251 e. The normalized spacial score (nSPS) is 33.2. The first-order chi connectivity index (χ1) is 16.3. The highest BCUT2D eigenvalue weighted by Crippen LogP contribution is 2.47. The molecule has 0 amide bonds. The quantitative estimate of drug-likeness (QED) is 0.308. The van der Waals surface area contributed by atoms with Crippen molar-refractivity contribution in [3.63, 3.8) is 0 Å². The van der Waals surface area contributed by atoms with Crippen LogP contribution >= 0.6 is 0 Å². The molecular weight excluding hydrogens is 403 g/mol. The molecule has 1 aromatic carbocycles. The molecule has 0 heterocycles. The van der Waals surface area contributed by atoms with Crippen LogP contribution in [0.2, 0.25) is 0 Å². The van der Waals surface area contributed by atoms with E-state index in [0.29, 0.717) is 0 Å². The van der Waals surface area contributed by atoms with Crippen molar-refractivity contribution < 1.29 is 4.39 Å². The lowest BCUT2D eigenvalue weighted by molar-refractivity contribution is 0.108. The molecule has 0 unspecified atom stereocenters. The molecule has 0 nitrogen and oxygen atoms in total. The van der Waals surface area contributed by atoms with Gasteiger partial charge in [-0.2, -0.15) is 0 Å². The van der Waals surface area contributed by atoms with E-state index in [-0.39, 0.29) is 6.67 Å². The molecule has 3 saturated carbocycles. The summed E-state index contributed by atoms with van der Waals surface area (Å²) in [4.78, 5) is 0. The highest BCUT2D eigenvalue weighted by atomic mass is 19.1. The lowest BCUT2D eigenvalue weighted by Crippen LogP contribution is -2.29. The van der Waals surface area contributed by atoms with Crippen molar-refractivity contribution in [3.8, 4) is 0 Å². The second kappa shape index (κ2) is 13.3. The summed E-state index contributed by atoms with van der Waals surface area (Å²) >= 11 is 0. The van der Waals surface area contributed by atoms with Gasteiger partial charge in [-0.15, -0.1) is 0 Å². The van der Waals surface area contributed by atoms with Crippen LogP contribution in [0.5, 0.6) is 0 Å². The number of unbranched alkanes of at least 4 members (excludes halogenated alkanes) is 2. The van der Waals surface area contributed by atoms with E-state index in [2.05, 4.69) is 31.2 Å². The first-order valence-electron chi connectivity index (χ1n) is 14.9. The molecule has 1 aromatic rings. The van der Waals surface area contributed by atoms with Gasteiger partial charge in [-0.25, -0.2) is 0 Å². The topological polar surface area (TPSA) is 0 Å². The molecule has 0 aromatic heterocycles. The van der Waals surface area contributed by atoms with Gasteiger partial charge in [0.15, 0.2) is 0 Å². The predicted molar refractivity (Wildman–Crippen MR) is 140 cm³/mol. The highest BCUT2D eigenvalue weighted by molar-refractivity contribution is 5.26. The van der Waals surface area contributed by atoms with Crippen LogP contribution < -0.4 is 0 Å². The third kappa shape index (κ3) is 7.32. The van der Waals surface area contributed by atoms with Gasteiger partial charge in [-0.05, 0) is 130 Å². The van der Waals surface area contributed by atoms with Gasteiger partial charge in [0.05, 0.1) is 6.67 Å². The van der Waals surface area contributed by atoms with Crippen LogP contribution in [0.3, 0.4) is 0 Å². The molecule has 1 heteroatoms. The average molecular weight is 455 g/mol. The van der Waals surface area contributed by atoms with Gasteiger partial charge in [-0.3, -0.25) is 4.39 Å². The molecule has 3 aliphatic carbocycles. The Bertz CT molecular complexity index is 640. The van der Waals surface area contributed by atoms with Crippen molar-refractivity contribution in [2.75, 3.05) is 6.67 Å². The first kappa shape index (κ1) is 25.2. The van der Waals surface area contributed by atoms with Crippen LogP contribution in [-0.4, -0.2) is 6.67 Å². The maximum Gasteiger partial charge on any atom is 0.0894 e. The minimum atomic E-state index is -0.119. The summed E-state index contributed by atoms with van der Waals surface area (Å²) in [5.74, 6) is 5.80. The SMILES string of the molecule is CCCCc1ccc([C@H]2CC[C@H]([C@H]3CC[C@H]([C@H]4CC[C@H](CCCCF)CC4)CC3)CC2)cc1. The van der Waals surface area contributed by atoms with E-state index in [0.717, 1.165) is 48.3 Å². The number of alkyl halides is 1. The fourth-order valence-electron chi connectivity index (χ4n) is 7.82. The molecule has 0 radical (unpaired) electrons. The Labute approximate surface area is 204 Å². The van der Waals surface area contributed by atoms with E-state index < -0.39 is 0 Å². The molecule has 0 spiro atoms. The summed E-state index contributed by atoms with van der Waals surface area (Å²) in [5, 5.41) is 0. The summed E-state index contributed by atoms with van der Waals surface area (Å²) in [7, 11) is 0. The van der Waals surface area contributed by atoms with E-state index in [4.69, 9.17) is 0 Å². The van der Waals surface area contributed by atoms with E-state index >= 15 is 0 Å². The van der Waals surface area contributed by atoms with Crippen molar-refractivity contribution in [1.82, 2.24) is 0 Å². The fourth-order valence-corrected chi connectivity index (χ4v) is 7.82. The van der Waals surface area contributed by atoms with Crippen LogP contribution in [0.25, 0.3) is 0 Å². The Morgan fingerprint density at radius 2 is 1.15 bits per heavy atom. The van der Waals surface area contributed by atoms with Crippen molar-refractivity contribution >= 4 is 0 Å². The van der Waals surface area contributed by atoms with Gasteiger partial charge in [0.25, 0.3) is 0 Å². The lowest BCUT2D eigenvalue weighted by atomic mass is 9.64. The van der Waals surface area contributed by atoms with Crippen molar-refractivity contribution in [3.05, 3.63) is 35.4 Å². The molecule has 186 valence electrons. The third-order valence-electron chi connectivity index (χ3n) is 10.1. The van der Waals surface area contributed by atoms with Gasteiger partial charge in [0.2, 0.25) is 0 Å². The Balaban J connectivity index is 1.14. The lowest BCUT2D eigenvalue weighted by Gasteiger charge is -2.41. The van der Waals surface area contributed by atoms with Gasteiger partial charge in [0.1, 0.15) is 0 Å². The van der Waals surface area contributed by atoms with Gasteiger partial charge >= 0.3 is 0 Å². The zero-order chi connectivity index (χ0) is 22.9. The second-order valence-corrected chi connectivity index (χ2v) is 12.1. The van der Waals surface area contributed by atoms with Crippen LogP contribution in [0.1, 0.15) is 133 Å². The fraction of sp³-hybridized carbons (Fsp3) is 0.812. The summed E-state index contributed by atoms with van der Waals surface area (Å²) in [6.45, 7) is 2.16. The molecule has 0 atom stereocenters. The smallest absolute Gasteiger partial charge is 0.0894 e. The Morgan fingerprint density at radius 3 is 1.67 bits per heavy atom. The van der Waals surface area contributed by atoms with Gasteiger partial charge < -0.3 is 0 Å². The molecular formula is C32H51F. The molecule has 3 aliphatic rings. The number of aryl methyl sites for hydroxylation is 1. The van der Waals surface area contributed by atoms with E-state index in [1.165, 1.54) is 108 Å². The van der Waals surface area contributed by atoms with Gasteiger partial charge in [0, 0.05) is 0 Å². The van der Waals surface area contributed by atoms with Gasteiger partial charge in [-0.1, -0.05) is 63.3 Å². The van der Waals surface area contributed by atoms with Crippen LogP contribution in [0.15, 0.2) is 24.3 Å². The summed E-state index contributed by atoms with van der Waals surface area (Å²) in [6.07, 6.45) is 24.7. The summed E-state index contributed by atoms with van der Waals surface area (Å²) < 4.78 is 12.4. The highest BCUT2D eigenvalue weighted by Gasteiger charge is 2.34. The molecule has 4 rings (SSSR count). The van der Waals surface area contributed by atoms with Crippen LogP contribution in [0, 0.1) is 29.6 Å². The van der Waals surface area contributed by atoms with Crippen LogP contribution in [-0.2, 0) is 6.42 Å². The number of halogens is 1. The minimum absolute atomic E-state index is 0.119. The largest absolute Gasteiger partial charge is 0.251 e. The number of benzene rings is 1. The second-order valence-electron chi connectivity index (χ2n) is 12.1. The molecule has 0 N–H and O–H groups in total. The van der Waals surface area contributed by atoms with Crippen molar-refractivity contribution in [1.29, 1.82) is 0 Å². The van der Waals surface area contributed by atoms with Crippen LogP contribution in [0.4, 0.5) is 4.39 Å². The Morgan fingerprint density at radius 1 is 0.636 bits per heavy atom. The molecule has 0 aliphatic heterocycles. The predicted octanol–water partition coefficient (Wildman–Crippen LogP) is 10.1. The average Bonchev–Trinajstić information content (AvgIpc) is 2.89. The van der Waals surface area contributed by atoms with E-state index in [1.807, 2.05) is 0 Å². The first-order valence-corrected chi connectivity index (χ1v) is 14.9. The summed E-state index contributed by atoms with van der Waals surface area (Å²) in [6, 6.07) is 9.68. The van der Waals surface area contributed by atoms with Crippen molar-refractivity contribution in [2.45, 2.75) is 128 Å². The Hall–Kier alpha value is -0.850. The molecule has 3 fully saturated rings. The zero-order valence-corrected chi connectivity index (χ0v) is 21.6. The third-order valence-corrected chi connectivity index (χ3v) is 10.1. The van der Waals surface area contributed by atoms with Crippen molar-refractivity contribution in [2.24, 2.45) is 29.6 Å². The number of hydrogen-bond donors (Lipinski definition) is 0. The summed E-state index contributed by atoms with van der Waals surface area (Å²) in [5.41, 5.74) is 3.13. The number of rotatable bonds is 10. The monoisotopic (exact) mass is 454 g/mol. The maximum absolute atomic E-state index is 12.4. The Kier molecular flexibility index (Phi) is 10.2. The molecule has 0 saturated heterocycles. The van der Waals surface area contributed by atoms with E-state index in [9.17, 15) is 4.39 Å². The standard InChI is InChI=1S/C32H51F/c1-2-3-6-25-8-12-27(13-9-25)29-16-20-31(21-17-29)32-22-18-30(19-23-32)28-14-10-26(11-15-28)7-4-5-24-33/h8-9,12-13,26,28-32H,2-7,10-11,14-24H2,1H3/t26-,28-,29-,30-,31-,32-. The molecule has 0 bridgehead atoms. The maximum atomic E-state index is 12.4. The van der Waals surface area contributed by atoms with E-state index in [1.54, 1.807) is 5.56 Å².